The van der Waals surface area contributed by atoms with Gasteiger partial charge in [0.1, 0.15) is 11.5 Å². The normalized spacial score (nSPS) is 10.2. The van der Waals surface area contributed by atoms with E-state index in [1.165, 1.54) is 36.4 Å². The van der Waals surface area contributed by atoms with Gasteiger partial charge in [-0.3, -0.25) is 0 Å². The number of rotatable bonds is 8. The van der Waals surface area contributed by atoms with Crippen LogP contribution in [0, 0.1) is 0 Å². The van der Waals surface area contributed by atoms with Crippen molar-refractivity contribution in [3.05, 3.63) is 58.7 Å². The van der Waals surface area contributed by atoms with Crippen molar-refractivity contribution in [3.63, 3.8) is 0 Å². The smallest absolute Gasteiger partial charge is 0.418 e. The molecule has 0 saturated heterocycles. The zero-order valence-corrected chi connectivity index (χ0v) is 18.5. The molecule has 0 saturated carbocycles. The van der Waals surface area contributed by atoms with Crippen LogP contribution in [0.4, 0.5) is 0 Å². The Labute approximate surface area is 183 Å². The number of hydrogen-bond acceptors (Lipinski definition) is 11. The Kier molecular flexibility index (Phi) is 8.37. The van der Waals surface area contributed by atoms with Crippen molar-refractivity contribution in [1.82, 2.24) is 0 Å². The highest BCUT2D eigenvalue weighted by Crippen LogP contribution is 2.33. The first-order chi connectivity index (χ1) is 15.2. The molecule has 0 aromatic heterocycles. The van der Waals surface area contributed by atoms with Crippen LogP contribution >= 0.6 is 8.25 Å². The highest BCUT2D eigenvalue weighted by atomic mass is 31.1. The SMILES string of the molecule is COC(=O)c1cc(O[PH](=O)Oc2cc(C(=O)OC)cc(C(=O)OC)c2)cc(C(=O)OC)c1. The molecule has 0 atom stereocenters. The van der Waals surface area contributed by atoms with Gasteiger partial charge in [-0.2, -0.15) is 0 Å². The topological polar surface area (TPSA) is 141 Å². The highest BCUT2D eigenvalue weighted by Gasteiger charge is 2.18. The Hall–Kier alpha value is -3.85. The third-order valence-electron chi connectivity index (χ3n) is 3.90. The van der Waals surface area contributed by atoms with Crippen molar-refractivity contribution >= 4 is 32.1 Å². The minimum absolute atomic E-state index is 0.0548. The van der Waals surface area contributed by atoms with Gasteiger partial charge in [-0.25, -0.2) is 23.7 Å². The molecule has 0 aliphatic rings. The maximum Gasteiger partial charge on any atom is 0.418 e. The van der Waals surface area contributed by atoms with E-state index in [1.54, 1.807) is 0 Å². The van der Waals surface area contributed by atoms with Crippen molar-refractivity contribution in [3.8, 4) is 11.5 Å². The summed E-state index contributed by atoms with van der Waals surface area (Å²) >= 11 is 0. The molecular formula is C20H19O11P. The molecule has 2 rings (SSSR count). The van der Waals surface area contributed by atoms with Gasteiger partial charge in [0.05, 0.1) is 50.7 Å². The number of hydrogen-bond donors (Lipinski definition) is 0. The van der Waals surface area contributed by atoms with E-state index in [0.29, 0.717) is 0 Å². The van der Waals surface area contributed by atoms with Crippen LogP contribution in [0.3, 0.4) is 0 Å². The van der Waals surface area contributed by atoms with Crippen LogP contribution in [0.2, 0.25) is 0 Å². The predicted octanol–water partition coefficient (Wildman–Crippen LogP) is 2.68. The van der Waals surface area contributed by atoms with Gasteiger partial charge in [0.2, 0.25) is 0 Å². The molecule has 32 heavy (non-hydrogen) atoms. The van der Waals surface area contributed by atoms with E-state index >= 15 is 0 Å². The summed E-state index contributed by atoms with van der Waals surface area (Å²) in [5.41, 5.74) is -0.219. The fourth-order valence-electron chi connectivity index (χ4n) is 2.47. The molecule has 0 unspecified atom stereocenters. The molecule has 2 aromatic rings. The molecule has 0 aliphatic heterocycles. The number of ether oxygens (including phenoxy) is 4. The number of carbonyl (C=O) groups is 4. The summed E-state index contributed by atoms with van der Waals surface area (Å²) in [6.07, 6.45) is 0. The van der Waals surface area contributed by atoms with Crippen LogP contribution < -0.4 is 9.05 Å². The maximum atomic E-state index is 12.5. The van der Waals surface area contributed by atoms with Crippen molar-refractivity contribution < 1.29 is 51.7 Å². The summed E-state index contributed by atoms with van der Waals surface area (Å²) in [6, 6.07) is 7.18. The van der Waals surface area contributed by atoms with Gasteiger partial charge in [-0.05, 0) is 36.4 Å². The summed E-state index contributed by atoms with van der Waals surface area (Å²) in [6.45, 7) is 0. The summed E-state index contributed by atoms with van der Waals surface area (Å²) in [5.74, 6) is -3.36. The van der Waals surface area contributed by atoms with E-state index in [4.69, 9.17) is 9.05 Å². The van der Waals surface area contributed by atoms with Gasteiger partial charge in [0, 0.05) is 0 Å². The lowest BCUT2D eigenvalue weighted by Gasteiger charge is -2.12. The van der Waals surface area contributed by atoms with Crippen LogP contribution in [0.1, 0.15) is 41.4 Å². The van der Waals surface area contributed by atoms with E-state index in [0.717, 1.165) is 28.4 Å². The van der Waals surface area contributed by atoms with E-state index in [9.17, 15) is 23.7 Å². The first-order valence-electron chi connectivity index (χ1n) is 8.75. The average Bonchev–Trinajstić information content (AvgIpc) is 2.81. The monoisotopic (exact) mass is 466 g/mol. The Balaban J connectivity index is 2.34. The highest BCUT2D eigenvalue weighted by molar-refractivity contribution is 7.34. The fourth-order valence-corrected chi connectivity index (χ4v) is 3.13. The summed E-state index contributed by atoms with van der Waals surface area (Å²) in [5, 5.41) is 0. The third kappa shape index (κ3) is 6.08. The van der Waals surface area contributed by atoms with Crippen molar-refractivity contribution in [1.29, 1.82) is 0 Å². The molecule has 0 spiro atoms. The fraction of sp³-hybridized carbons (Fsp3) is 0.200. The second kappa shape index (κ2) is 11.0. The van der Waals surface area contributed by atoms with Crippen LogP contribution in [-0.4, -0.2) is 52.3 Å². The standard InChI is InChI=1S/C20H19O11P/c1-26-17(21)11-5-12(18(22)27-2)8-15(7-11)30-32(25)31-16-9-13(19(23)28-3)6-14(10-16)20(24)29-4/h5-10,32H,1-4H3. The second-order valence-corrected chi connectivity index (χ2v) is 6.82. The molecule has 170 valence electrons. The molecule has 0 radical (unpaired) electrons. The Morgan fingerprint density at radius 3 is 1.00 bits per heavy atom. The van der Waals surface area contributed by atoms with Gasteiger partial charge in [0.15, 0.2) is 0 Å². The largest absolute Gasteiger partial charge is 0.465 e. The third-order valence-corrected chi connectivity index (χ3v) is 4.70. The van der Waals surface area contributed by atoms with E-state index in [2.05, 4.69) is 18.9 Å². The summed E-state index contributed by atoms with van der Waals surface area (Å²) in [4.78, 5) is 47.4. The van der Waals surface area contributed by atoms with Crippen molar-refractivity contribution in [2.24, 2.45) is 0 Å². The number of benzene rings is 2. The average molecular weight is 466 g/mol. The Bertz CT molecular complexity index is 925. The number of carbonyl (C=O) groups excluding carboxylic acids is 4. The second-order valence-electron chi connectivity index (χ2n) is 5.91. The minimum Gasteiger partial charge on any atom is -0.465 e. The van der Waals surface area contributed by atoms with E-state index < -0.39 is 32.1 Å². The van der Waals surface area contributed by atoms with Crippen LogP contribution in [0.15, 0.2) is 36.4 Å². The molecular weight excluding hydrogens is 447 g/mol. The molecule has 0 aliphatic carbocycles. The lowest BCUT2D eigenvalue weighted by Crippen LogP contribution is -2.07. The van der Waals surface area contributed by atoms with Crippen LogP contribution in [-0.2, 0) is 23.5 Å². The number of esters is 4. The number of methoxy groups -OCH3 is 4. The molecule has 0 N–H and O–H groups in total. The Morgan fingerprint density at radius 1 is 0.531 bits per heavy atom. The van der Waals surface area contributed by atoms with E-state index in [1.807, 2.05) is 0 Å². The summed E-state index contributed by atoms with van der Waals surface area (Å²) < 4.78 is 41.4. The lowest BCUT2D eigenvalue weighted by molar-refractivity contribution is 0.0581. The molecule has 0 bridgehead atoms. The van der Waals surface area contributed by atoms with Gasteiger partial charge in [-0.1, -0.05) is 0 Å². The molecule has 0 fully saturated rings. The van der Waals surface area contributed by atoms with E-state index in [-0.39, 0.29) is 33.8 Å². The molecule has 0 heterocycles. The van der Waals surface area contributed by atoms with Gasteiger partial charge < -0.3 is 28.0 Å². The Morgan fingerprint density at radius 2 is 0.781 bits per heavy atom. The van der Waals surface area contributed by atoms with Crippen LogP contribution in [0.5, 0.6) is 11.5 Å². The first-order valence-corrected chi connectivity index (χ1v) is 9.98. The van der Waals surface area contributed by atoms with Crippen LogP contribution in [0.25, 0.3) is 0 Å². The van der Waals surface area contributed by atoms with Crippen molar-refractivity contribution in [2.45, 2.75) is 0 Å². The molecule has 12 heteroatoms. The van der Waals surface area contributed by atoms with Gasteiger partial charge >= 0.3 is 32.1 Å². The maximum absolute atomic E-state index is 12.5. The quantitative estimate of drug-likeness (QED) is 0.322. The molecule has 0 amide bonds. The zero-order chi connectivity index (χ0) is 23.8. The summed E-state index contributed by atoms with van der Waals surface area (Å²) in [7, 11) is 1.24. The molecule has 11 nitrogen and oxygen atoms in total. The molecule has 2 aromatic carbocycles. The van der Waals surface area contributed by atoms with Gasteiger partial charge in [-0.15, -0.1) is 0 Å². The minimum atomic E-state index is -3.35. The zero-order valence-electron chi connectivity index (χ0n) is 17.5. The first kappa shape index (κ1) is 24.4. The lowest BCUT2D eigenvalue weighted by atomic mass is 10.1. The van der Waals surface area contributed by atoms with Gasteiger partial charge in [0.25, 0.3) is 0 Å². The van der Waals surface area contributed by atoms with Crippen molar-refractivity contribution in [2.75, 3.05) is 28.4 Å². The predicted molar refractivity (Wildman–Crippen MR) is 108 cm³/mol.